The topological polar surface area (TPSA) is 108 Å². The Morgan fingerprint density at radius 1 is 1.06 bits per heavy atom. The lowest BCUT2D eigenvalue weighted by atomic mass is 9.97. The van der Waals surface area contributed by atoms with E-state index in [1.807, 2.05) is 13.8 Å². The van der Waals surface area contributed by atoms with Gasteiger partial charge in [-0.3, -0.25) is 14.6 Å². The van der Waals surface area contributed by atoms with Crippen molar-refractivity contribution in [3.63, 3.8) is 0 Å². The van der Waals surface area contributed by atoms with Gasteiger partial charge in [0, 0.05) is 49.2 Å². The number of amides is 2. The summed E-state index contributed by atoms with van der Waals surface area (Å²) in [6.07, 6.45) is 4.22. The summed E-state index contributed by atoms with van der Waals surface area (Å²) >= 11 is 0. The number of sulfonamides is 1. The highest BCUT2D eigenvalue weighted by Crippen LogP contribution is 2.25. The van der Waals surface area contributed by atoms with E-state index in [2.05, 4.69) is 15.6 Å². The van der Waals surface area contributed by atoms with Crippen LogP contribution in [0.15, 0.2) is 53.7 Å². The number of piperidine rings is 1. The minimum absolute atomic E-state index is 0.0419. The zero-order valence-corrected chi connectivity index (χ0v) is 18.6. The van der Waals surface area contributed by atoms with Gasteiger partial charge in [-0.25, -0.2) is 8.42 Å². The van der Waals surface area contributed by atoms with E-state index in [0.29, 0.717) is 30.6 Å². The van der Waals surface area contributed by atoms with Crippen LogP contribution >= 0.6 is 0 Å². The molecule has 3 rings (SSSR count). The van der Waals surface area contributed by atoms with E-state index in [4.69, 9.17) is 0 Å². The molecule has 8 nitrogen and oxygen atoms in total. The Balaban J connectivity index is 1.51. The first kappa shape index (κ1) is 22.9. The molecule has 2 N–H and O–H groups in total. The smallest absolute Gasteiger partial charge is 0.244 e. The third-order valence-corrected chi connectivity index (χ3v) is 7.01. The average molecular weight is 445 g/mol. The van der Waals surface area contributed by atoms with Crippen LogP contribution in [0.2, 0.25) is 0 Å². The van der Waals surface area contributed by atoms with Crippen LogP contribution < -0.4 is 10.6 Å². The molecule has 0 spiro atoms. The molecule has 0 radical (unpaired) electrons. The second-order valence-corrected chi connectivity index (χ2v) is 10.0. The summed E-state index contributed by atoms with van der Waals surface area (Å²) < 4.78 is 26.8. The number of hydrogen-bond donors (Lipinski definition) is 2. The highest BCUT2D eigenvalue weighted by atomic mass is 32.2. The minimum Gasteiger partial charge on any atom is -0.326 e. The molecule has 0 bridgehead atoms. The van der Waals surface area contributed by atoms with E-state index in [1.54, 1.807) is 30.3 Å². The maximum atomic E-state index is 12.7. The van der Waals surface area contributed by atoms with Gasteiger partial charge in [-0.15, -0.1) is 0 Å². The first-order valence-electron chi connectivity index (χ1n) is 10.4. The first-order valence-corrected chi connectivity index (χ1v) is 11.8. The Hall–Kier alpha value is -2.78. The Morgan fingerprint density at radius 2 is 1.68 bits per heavy atom. The normalized spacial score (nSPS) is 15.6. The molecule has 1 aliphatic heterocycles. The van der Waals surface area contributed by atoms with E-state index in [9.17, 15) is 18.0 Å². The third-order valence-electron chi connectivity index (χ3n) is 5.13. The summed E-state index contributed by atoms with van der Waals surface area (Å²) in [5, 5.41) is 5.71. The van der Waals surface area contributed by atoms with Gasteiger partial charge in [-0.05, 0) is 55.2 Å². The van der Waals surface area contributed by atoms with E-state index < -0.39 is 10.0 Å². The molecular weight excluding hydrogens is 416 g/mol. The predicted molar refractivity (Wildman–Crippen MR) is 119 cm³/mol. The van der Waals surface area contributed by atoms with E-state index in [1.165, 1.54) is 22.8 Å². The van der Waals surface area contributed by atoms with Crippen molar-refractivity contribution in [1.82, 2.24) is 9.29 Å². The van der Waals surface area contributed by atoms with Gasteiger partial charge in [0.1, 0.15) is 4.90 Å². The number of carbonyl (C=O) groups is 2. The lowest BCUT2D eigenvalue weighted by Crippen LogP contribution is -2.41. The van der Waals surface area contributed by atoms with Gasteiger partial charge in [0.15, 0.2) is 0 Å². The van der Waals surface area contributed by atoms with Gasteiger partial charge in [0.05, 0.1) is 0 Å². The van der Waals surface area contributed by atoms with Gasteiger partial charge in [0.2, 0.25) is 21.8 Å². The number of pyridine rings is 1. The third kappa shape index (κ3) is 6.11. The second kappa shape index (κ2) is 10.0. The van der Waals surface area contributed by atoms with Crippen LogP contribution in [0.1, 0.15) is 33.1 Å². The molecule has 0 saturated carbocycles. The summed E-state index contributed by atoms with van der Waals surface area (Å²) in [6, 6.07) is 10.1. The van der Waals surface area contributed by atoms with Crippen LogP contribution in [-0.4, -0.2) is 42.6 Å². The fraction of sp³-hybridized carbons (Fsp3) is 0.409. The van der Waals surface area contributed by atoms with Crippen molar-refractivity contribution in [2.45, 2.75) is 38.0 Å². The van der Waals surface area contributed by atoms with Gasteiger partial charge in [-0.1, -0.05) is 13.8 Å². The second-order valence-electron chi connectivity index (χ2n) is 8.08. The monoisotopic (exact) mass is 444 g/mol. The number of benzene rings is 1. The maximum Gasteiger partial charge on any atom is 0.244 e. The van der Waals surface area contributed by atoms with Crippen molar-refractivity contribution in [2.24, 2.45) is 11.8 Å². The molecular formula is C22H28N4O4S. The summed E-state index contributed by atoms with van der Waals surface area (Å²) in [6.45, 7) is 4.54. The molecule has 2 amide bonds. The zero-order chi connectivity index (χ0) is 22.4. The molecule has 1 aliphatic rings. The molecule has 166 valence electrons. The molecule has 1 fully saturated rings. The predicted octanol–water partition coefficient (Wildman–Crippen LogP) is 3.11. The molecule has 2 heterocycles. The Bertz CT molecular complexity index is 1000. The lowest BCUT2D eigenvalue weighted by Gasteiger charge is -2.30. The summed E-state index contributed by atoms with van der Waals surface area (Å²) in [4.78, 5) is 28.5. The van der Waals surface area contributed by atoms with Crippen LogP contribution in [0.4, 0.5) is 11.4 Å². The van der Waals surface area contributed by atoms with Gasteiger partial charge in [0.25, 0.3) is 0 Å². The lowest BCUT2D eigenvalue weighted by molar-refractivity contribution is -0.121. The van der Waals surface area contributed by atoms with Crippen molar-refractivity contribution in [3.05, 3.63) is 48.8 Å². The summed E-state index contributed by atoms with van der Waals surface area (Å²) in [7, 11) is -3.59. The van der Waals surface area contributed by atoms with Crippen molar-refractivity contribution >= 4 is 33.2 Å². The molecule has 9 heteroatoms. The number of hydrogen-bond acceptors (Lipinski definition) is 5. The van der Waals surface area contributed by atoms with Crippen molar-refractivity contribution in [1.29, 1.82) is 0 Å². The highest BCUT2D eigenvalue weighted by Gasteiger charge is 2.32. The average Bonchev–Trinajstić information content (AvgIpc) is 2.75. The van der Waals surface area contributed by atoms with Crippen LogP contribution in [0, 0.1) is 11.8 Å². The number of rotatable bonds is 7. The number of nitrogens with one attached hydrogen (secondary N) is 2. The standard InChI is InChI=1S/C22H28N4O4S/c1-16(2)14-21(27)24-18-5-7-19(8-6-18)25-22(28)17-9-12-26(13-10-17)31(29,30)20-4-3-11-23-15-20/h3-8,11,15-17H,9-10,12-14H2,1-2H3,(H,24,27)(H,25,28). The van der Waals surface area contributed by atoms with E-state index in [0.717, 1.165) is 0 Å². The molecule has 1 aromatic carbocycles. The molecule has 0 aliphatic carbocycles. The molecule has 2 aromatic rings. The van der Waals surface area contributed by atoms with E-state index in [-0.39, 0.29) is 41.6 Å². The van der Waals surface area contributed by atoms with Crippen LogP contribution in [0.3, 0.4) is 0 Å². The van der Waals surface area contributed by atoms with Crippen LogP contribution in [0.5, 0.6) is 0 Å². The molecule has 0 atom stereocenters. The molecule has 31 heavy (non-hydrogen) atoms. The van der Waals surface area contributed by atoms with Crippen molar-refractivity contribution in [3.8, 4) is 0 Å². The van der Waals surface area contributed by atoms with Gasteiger partial charge >= 0.3 is 0 Å². The summed E-state index contributed by atoms with van der Waals surface area (Å²) in [5.74, 6) is -0.148. The van der Waals surface area contributed by atoms with E-state index >= 15 is 0 Å². The zero-order valence-electron chi connectivity index (χ0n) is 17.7. The van der Waals surface area contributed by atoms with Crippen molar-refractivity contribution in [2.75, 3.05) is 23.7 Å². The number of carbonyl (C=O) groups excluding carboxylic acids is 2. The number of anilines is 2. The first-order chi connectivity index (χ1) is 14.8. The molecule has 0 unspecified atom stereocenters. The SMILES string of the molecule is CC(C)CC(=O)Nc1ccc(NC(=O)C2CCN(S(=O)(=O)c3cccnc3)CC2)cc1. The quantitative estimate of drug-likeness (QED) is 0.682. The fourth-order valence-corrected chi connectivity index (χ4v) is 4.91. The van der Waals surface area contributed by atoms with Crippen LogP contribution in [-0.2, 0) is 19.6 Å². The Morgan fingerprint density at radius 3 is 2.23 bits per heavy atom. The largest absolute Gasteiger partial charge is 0.326 e. The molecule has 1 saturated heterocycles. The maximum absolute atomic E-state index is 12.7. The number of nitrogens with zero attached hydrogens (tertiary/aromatic N) is 2. The summed E-state index contributed by atoms with van der Waals surface area (Å²) in [5.41, 5.74) is 1.31. The minimum atomic E-state index is -3.59. The van der Waals surface area contributed by atoms with Gasteiger partial charge in [-0.2, -0.15) is 4.31 Å². The van der Waals surface area contributed by atoms with Gasteiger partial charge < -0.3 is 10.6 Å². The van der Waals surface area contributed by atoms with Crippen molar-refractivity contribution < 1.29 is 18.0 Å². The Labute approximate surface area is 183 Å². The Kier molecular flexibility index (Phi) is 7.40. The fourth-order valence-electron chi connectivity index (χ4n) is 3.47. The number of aromatic nitrogens is 1. The highest BCUT2D eigenvalue weighted by molar-refractivity contribution is 7.89. The molecule has 1 aromatic heterocycles. The van der Waals surface area contributed by atoms with Crippen LogP contribution in [0.25, 0.3) is 0 Å².